The van der Waals surface area contributed by atoms with Gasteiger partial charge in [0.05, 0.1) is 44.7 Å². The number of aliphatic hydroxyl groups excluding tert-OH is 14. The average molecular weight is 1080 g/mol. The Bertz CT molecular complexity index is 2020. The monoisotopic (exact) mass is 1080 g/mol. The number of ether oxygens (including phenoxy) is 8. The van der Waals surface area contributed by atoms with Gasteiger partial charge in [0, 0.05) is 12.0 Å². The summed E-state index contributed by atoms with van der Waals surface area (Å²) in [7, 11) is 0. The molecule has 5 aliphatic carbocycles. The molecule has 4 saturated carbocycles. The average Bonchev–Trinajstić information content (AvgIpc) is 3.37. The first-order valence-corrected chi connectivity index (χ1v) is 27.3. The van der Waals surface area contributed by atoms with Crippen molar-refractivity contribution in [3.8, 4) is 0 Å². The standard InChI is InChI=1S/C53H88O22/c1-23-33(59)37(63)40(66)44(69-23)75-43-39(65)35(61)27(19-55)71-47(43)72-28-20-68-46(42(36(28)62)74-45-41(67)38(64)34(60)26(18-54)70-45)73-32-11-12-50(5)29(48(32,2)3)10-13-51(6)30(50)9-8-24-25-16-49(4,21-56)14-15-53(25,22-57)31(58)17-52(24,51)7/h8,23,25-47,54-67H,9-22H2,1-7H3/t23-,25+,26-,27-,28+,29+,30-,31-,32+,33+,34-,35-,36+,37-,38+,39+,40-,41-,42-,43-,44+,45+,46+,47+,49+,50+,51-,52-,53-/m1/s1. The van der Waals surface area contributed by atoms with Crippen LogP contribution in [0.3, 0.4) is 0 Å². The van der Waals surface area contributed by atoms with Gasteiger partial charge in [0.2, 0.25) is 0 Å². The number of hydrogen-bond acceptors (Lipinski definition) is 22. The van der Waals surface area contributed by atoms with Crippen LogP contribution < -0.4 is 0 Å². The van der Waals surface area contributed by atoms with E-state index in [0.717, 1.165) is 32.1 Å². The Morgan fingerprint density at radius 2 is 1.16 bits per heavy atom. The van der Waals surface area contributed by atoms with Gasteiger partial charge in [-0.3, -0.25) is 0 Å². The van der Waals surface area contributed by atoms with E-state index in [1.54, 1.807) is 0 Å². The molecule has 75 heavy (non-hydrogen) atoms. The molecule has 0 unspecified atom stereocenters. The normalized spacial score (nSPS) is 55.9. The van der Waals surface area contributed by atoms with E-state index in [-0.39, 0.29) is 52.6 Å². The zero-order valence-corrected chi connectivity index (χ0v) is 44.4. The Balaban J connectivity index is 0.973. The van der Waals surface area contributed by atoms with Crippen molar-refractivity contribution < 1.29 is 109 Å². The summed E-state index contributed by atoms with van der Waals surface area (Å²) in [4.78, 5) is 0. The summed E-state index contributed by atoms with van der Waals surface area (Å²) in [5.74, 6) is 0.245. The highest BCUT2D eigenvalue weighted by Crippen LogP contribution is 2.76. The van der Waals surface area contributed by atoms with Crippen molar-refractivity contribution >= 4 is 0 Å². The Morgan fingerprint density at radius 1 is 0.560 bits per heavy atom. The molecule has 22 nitrogen and oxygen atoms in total. The van der Waals surface area contributed by atoms with Crippen molar-refractivity contribution in [1.82, 2.24) is 0 Å². The minimum Gasteiger partial charge on any atom is -0.396 e. The van der Waals surface area contributed by atoms with Crippen molar-refractivity contribution in [1.29, 1.82) is 0 Å². The van der Waals surface area contributed by atoms with Crippen LogP contribution in [0.25, 0.3) is 0 Å². The SMILES string of the molecule is C[C@H]1O[C@@H](O[C@H]2[C@H](O[C@H]3CO[C@@H](O[C@H]4CC[C@]5(C)[C@H]6CC=C7[C@@H]8C[C@@](C)(CO)CC[C@]8(CO)[C@H](O)C[C@@]7(C)[C@]6(C)CC[C@H]5C4(C)C)[C@H](O[C@@H]4O[C@H](CO)[C@@H](O)[C@H](O)[C@H]4O)[C@H]3O)O[C@H](CO)[C@@H](O)[C@@H]2O)[C@H](O)[C@H](O)[C@H]1O. The molecule has 8 fully saturated rings. The van der Waals surface area contributed by atoms with Gasteiger partial charge in [-0.15, -0.1) is 0 Å². The summed E-state index contributed by atoms with van der Waals surface area (Å²) >= 11 is 0. The molecule has 432 valence electrons. The number of hydrogen-bond donors (Lipinski definition) is 14. The highest BCUT2D eigenvalue weighted by atomic mass is 16.8. The van der Waals surface area contributed by atoms with E-state index in [4.69, 9.17) is 37.9 Å². The summed E-state index contributed by atoms with van der Waals surface area (Å²) in [5, 5.41) is 153. The van der Waals surface area contributed by atoms with Crippen LogP contribution in [-0.2, 0) is 37.9 Å². The minimum absolute atomic E-state index is 0.0415. The lowest BCUT2D eigenvalue weighted by Gasteiger charge is -2.72. The second-order valence-electron chi connectivity index (χ2n) is 25.8. The van der Waals surface area contributed by atoms with Gasteiger partial charge in [-0.1, -0.05) is 53.2 Å². The molecule has 0 aromatic rings. The van der Waals surface area contributed by atoms with Crippen molar-refractivity contribution in [2.75, 3.05) is 33.0 Å². The van der Waals surface area contributed by atoms with Crippen molar-refractivity contribution in [3.05, 3.63) is 11.6 Å². The molecule has 9 aliphatic rings. The molecular formula is C53H88O22. The minimum atomic E-state index is -1.89. The summed E-state index contributed by atoms with van der Waals surface area (Å²) < 4.78 is 49.0. The molecule has 0 bridgehead atoms. The molecule has 4 aliphatic heterocycles. The molecule has 0 aromatic carbocycles. The molecule has 22 heteroatoms. The van der Waals surface area contributed by atoms with E-state index in [0.29, 0.717) is 25.7 Å². The Labute approximate surface area is 438 Å². The molecule has 0 amide bonds. The first-order valence-electron chi connectivity index (χ1n) is 27.3. The Morgan fingerprint density at radius 3 is 1.79 bits per heavy atom. The van der Waals surface area contributed by atoms with E-state index in [1.807, 2.05) is 0 Å². The van der Waals surface area contributed by atoms with Crippen molar-refractivity contribution in [2.45, 2.75) is 235 Å². The van der Waals surface area contributed by atoms with Crippen molar-refractivity contribution in [2.24, 2.45) is 50.2 Å². The van der Waals surface area contributed by atoms with E-state index in [1.165, 1.54) is 12.5 Å². The number of rotatable bonds is 12. The fraction of sp³-hybridized carbons (Fsp3) is 0.962. The predicted octanol–water partition coefficient (Wildman–Crippen LogP) is -1.95. The lowest BCUT2D eigenvalue weighted by atomic mass is 9.33. The maximum Gasteiger partial charge on any atom is 0.187 e. The van der Waals surface area contributed by atoms with E-state index in [2.05, 4.69) is 47.6 Å². The largest absolute Gasteiger partial charge is 0.396 e. The first kappa shape index (κ1) is 58.5. The van der Waals surface area contributed by atoms with Crippen LogP contribution in [0.4, 0.5) is 0 Å². The van der Waals surface area contributed by atoms with Crippen LogP contribution in [0.15, 0.2) is 11.6 Å². The van der Waals surface area contributed by atoms with Gasteiger partial charge in [-0.25, -0.2) is 0 Å². The van der Waals surface area contributed by atoms with Crippen LogP contribution in [0.5, 0.6) is 0 Å². The molecule has 0 spiro atoms. The van der Waals surface area contributed by atoms with Gasteiger partial charge >= 0.3 is 0 Å². The highest BCUT2D eigenvalue weighted by molar-refractivity contribution is 5.35. The van der Waals surface area contributed by atoms with Crippen LogP contribution in [-0.4, -0.2) is 233 Å². The van der Waals surface area contributed by atoms with Gasteiger partial charge in [-0.05, 0) is 110 Å². The molecule has 14 N–H and O–H groups in total. The lowest BCUT2D eigenvalue weighted by Crippen LogP contribution is -2.68. The van der Waals surface area contributed by atoms with Crippen molar-refractivity contribution in [3.63, 3.8) is 0 Å². The third-order valence-corrected chi connectivity index (χ3v) is 21.4. The molecule has 4 heterocycles. The van der Waals surface area contributed by atoms with E-state index in [9.17, 15) is 71.5 Å². The third kappa shape index (κ3) is 9.44. The molecular weight excluding hydrogens is 989 g/mol. The molecule has 4 saturated heterocycles. The topological polar surface area (TPSA) is 357 Å². The number of fused-ring (bicyclic) bond motifs is 7. The van der Waals surface area contributed by atoms with E-state index < -0.39 is 160 Å². The Kier molecular flexibility index (Phi) is 16.6. The maximum absolute atomic E-state index is 12.4. The summed E-state index contributed by atoms with van der Waals surface area (Å²) in [6, 6.07) is 0. The summed E-state index contributed by atoms with van der Waals surface area (Å²) in [6.07, 6.45) is -23.6. The van der Waals surface area contributed by atoms with E-state index >= 15 is 0 Å². The molecule has 9 rings (SSSR count). The van der Waals surface area contributed by atoms with Crippen LogP contribution >= 0.6 is 0 Å². The first-order chi connectivity index (χ1) is 35.2. The predicted molar refractivity (Wildman–Crippen MR) is 258 cm³/mol. The van der Waals surface area contributed by atoms with Crippen LogP contribution in [0.1, 0.15) is 106 Å². The van der Waals surface area contributed by atoms with Crippen LogP contribution in [0.2, 0.25) is 0 Å². The summed E-state index contributed by atoms with van der Waals surface area (Å²) in [6.45, 7) is 12.9. The number of aliphatic hydroxyl groups is 14. The van der Waals surface area contributed by atoms with Gasteiger partial charge in [0.1, 0.15) is 85.5 Å². The zero-order chi connectivity index (χ0) is 54.7. The second-order valence-corrected chi connectivity index (χ2v) is 25.8. The second kappa shape index (κ2) is 21.3. The fourth-order valence-corrected chi connectivity index (χ4v) is 16.4. The quantitative estimate of drug-likeness (QED) is 0.0746. The van der Waals surface area contributed by atoms with Gasteiger partial charge in [0.25, 0.3) is 0 Å². The Hall–Kier alpha value is -1.14. The van der Waals surface area contributed by atoms with Gasteiger partial charge < -0.3 is 109 Å². The highest BCUT2D eigenvalue weighted by Gasteiger charge is 2.70. The van der Waals surface area contributed by atoms with Gasteiger partial charge in [-0.2, -0.15) is 0 Å². The third-order valence-electron chi connectivity index (χ3n) is 21.4. The number of allylic oxidation sites excluding steroid dienone is 2. The molecule has 0 radical (unpaired) electrons. The van der Waals surface area contributed by atoms with Gasteiger partial charge in [0.15, 0.2) is 25.2 Å². The fourth-order valence-electron chi connectivity index (χ4n) is 16.4. The lowest BCUT2D eigenvalue weighted by molar-refractivity contribution is -0.394. The molecule has 0 aromatic heterocycles. The molecule has 29 atom stereocenters. The van der Waals surface area contributed by atoms with Crippen LogP contribution in [0, 0.1) is 50.2 Å². The smallest absolute Gasteiger partial charge is 0.187 e. The maximum atomic E-state index is 12.4. The summed E-state index contributed by atoms with van der Waals surface area (Å²) in [5.41, 5.74) is -1.01. The zero-order valence-electron chi connectivity index (χ0n) is 44.4.